The molecule has 1 nitrogen and oxygen atoms in total. The van der Waals surface area contributed by atoms with Crippen LogP contribution in [-0.4, -0.2) is 11.7 Å². The summed E-state index contributed by atoms with van der Waals surface area (Å²) in [6.45, 7) is -0.0229. The highest BCUT2D eigenvalue weighted by Crippen LogP contribution is 2.21. The van der Waals surface area contributed by atoms with E-state index in [0.717, 1.165) is 10.8 Å². The zero-order chi connectivity index (χ0) is 9.97. The van der Waals surface area contributed by atoms with E-state index in [0.29, 0.717) is 12.0 Å². The SMILES string of the molecule is OCCc1c(F)ccc2ccccc12. The number of fused-ring (bicyclic) bond motifs is 1. The molecule has 0 radical (unpaired) electrons. The highest BCUT2D eigenvalue weighted by molar-refractivity contribution is 5.85. The molecule has 0 bridgehead atoms. The third-order valence-electron chi connectivity index (χ3n) is 2.35. The quantitative estimate of drug-likeness (QED) is 0.771. The molecule has 0 atom stereocenters. The molecule has 72 valence electrons. The summed E-state index contributed by atoms with van der Waals surface area (Å²) in [4.78, 5) is 0. The first kappa shape index (κ1) is 9.16. The highest BCUT2D eigenvalue weighted by atomic mass is 19.1. The number of benzene rings is 2. The molecule has 0 saturated carbocycles. The smallest absolute Gasteiger partial charge is 0.127 e. The topological polar surface area (TPSA) is 20.2 Å². The Kier molecular flexibility index (Phi) is 2.46. The summed E-state index contributed by atoms with van der Waals surface area (Å²) in [6.07, 6.45) is 0.368. The Morgan fingerprint density at radius 2 is 1.86 bits per heavy atom. The molecule has 0 amide bonds. The predicted octanol–water partition coefficient (Wildman–Crippen LogP) is 2.51. The van der Waals surface area contributed by atoms with Gasteiger partial charge in [0.15, 0.2) is 0 Å². The van der Waals surface area contributed by atoms with Gasteiger partial charge in [-0.2, -0.15) is 0 Å². The van der Waals surface area contributed by atoms with Gasteiger partial charge < -0.3 is 5.11 Å². The van der Waals surface area contributed by atoms with Crippen LogP contribution < -0.4 is 0 Å². The molecule has 0 unspecified atom stereocenters. The summed E-state index contributed by atoms with van der Waals surface area (Å²) in [5.74, 6) is -0.238. The van der Waals surface area contributed by atoms with Crippen molar-refractivity contribution in [1.29, 1.82) is 0 Å². The van der Waals surface area contributed by atoms with Crippen LogP contribution in [0.25, 0.3) is 10.8 Å². The number of hydrogen-bond acceptors (Lipinski definition) is 1. The van der Waals surface area contributed by atoms with Crippen LogP contribution in [0.1, 0.15) is 5.56 Å². The van der Waals surface area contributed by atoms with Crippen LogP contribution in [0.2, 0.25) is 0 Å². The lowest BCUT2D eigenvalue weighted by Gasteiger charge is -2.05. The lowest BCUT2D eigenvalue weighted by Crippen LogP contribution is -1.96. The van der Waals surface area contributed by atoms with Crippen molar-refractivity contribution in [3.63, 3.8) is 0 Å². The number of aliphatic hydroxyl groups excluding tert-OH is 1. The molecule has 0 aromatic heterocycles. The van der Waals surface area contributed by atoms with E-state index < -0.39 is 0 Å². The summed E-state index contributed by atoms with van der Waals surface area (Å²) in [5, 5.41) is 10.7. The second-order valence-electron chi connectivity index (χ2n) is 3.22. The van der Waals surface area contributed by atoms with E-state index in [2.05, 4.69) is 0 Å². The van der Waals surface area contributed by atoms with Gasteiger partial charge in [0.2, 0.25) is 0 Å². The minimum atomic E-state index is -0.238. The summed E-state index contributed by atoms with van der Waals surface area (Å²) >= 11 is 0. The normalized spacial score (nSPS) is 10.7. The summed E-state index contributed by atoms with van der Waals surface area (Å²) in [5.41, 5.74) is 0.602. The molecular weight excluding hydrogens is 179 g/mol. The third kappa shape index (κ3) is 1.49. The molecule has 0 aliphatic rings. The van der Waals surface area contributed by atoms with Crippen molar-refractivity contribution in [2.45, 2.75) is 6.42 Å². The molecule has 2 heteroatoms. The van der Waals surface area contributed by atoms with Crippen molar-refractivity contribution in [2.75, 3.05) is 6.61 Å². The number of rotatable bonds is 2. The lowest BCUT2D eigenvalue weighted by molar-refractivity contribution is 0.298. The van der Waals surface area contributed by atoms with E-state index in [-0.39, 0.29) is 12.4 Å². The van der Waals surface area contributed by atoms with Gasteiger partial charge in [-0.05, 0) is 28.8 Å². The Balaban J connectivity index is 2.69. The summed E-state index contributed by atoms with van der Waals surface area (Å²) in [7, 11) is 0. The van der Waals surface area contributed by atoms with Crippen molar-refractivity contribution < 1.29 is 9.50 Å². The van der Waals surface area contributed by atoms with Gasteiger partial charge >= 0.3 is 0 Å². The molecule has 0 aliphatic heterocycles. The van der Waals surface area contributed by atoms with Gasteiger partial charge in [0.05, 0.1) is 0 Å². The summed E-state index contributed by atoms with van der Waals surface area (Å²) < 4.78 is 13.4. The Morgan fingerprint density at radius 3 is 2.64 bits per heavy atom. The first-order chi connectivity index (χ1) is 6.83. The molecule has 0 heterocycles. The zero-order valence-corrected chi connectivity index (χ0v) is 7.70. The third-order valence-corrected chi connectivity index (χ3v) is 2.35. The predicted molar refractivity (Wildman–Crippen MR) is 54.7 cm³/mol. The minimum absolute atomic E-state index is 0.0229. The van der Waals surface area contributed by atoms with Crippen LogP contribution in [0, 0.1) is 5.82 Å². The van der Waals surface area contributed by atoms with Crippen molar-refractivity contribution >= 4 is 10.8 Å². The molecule has 14 heavy (non-hydrogen) atoms. The second kappa shape index (κ2) is 3.76. The van der Waals surface area contributed by atoms with Gasteiger partial charge in [0, 0.05) is 6.61 Å². The van der Waals surface area contributed by atoms with E-state index in [1.54, 1.807) is 6.07 Å². The molecule has 0 fully saturated rings. The first-order valence-electron chi connectivity index (χ1n) is 4.60. The first-order valence-corrected chi connectivity index (χ1v) is 4.60. The van der Waals surface area contributed by atoms with Gasteiger partial charge in [-0.25, -0.2) is 4.39 Å². The zero-order valence-electron chi connectivity index (χ0n) is 7.70. The largest absolute Gasteiger partial charge is 0.396 e. The maximum atomic E-state index is 13.4. The fourth-order valence-corrected chi connectivity index (χ4v) is 1.68. The molecule has 2 rings (SSSR count). The Morgan fingerprint density at radius 1 is 1.07 bits per heavy atom. The monoisotopic (exact) mass is 190 g/mol. The van der Waals surface area contributed by atoms with Crippen LogP contribution in [0.4, 0.5) is 4.39 Å². The molecule has 2 aromatic rings. The van der Waals surface area contributed by atoms with Crippen LogP contribution >= 0.6 is 0 Å². The van der Waals surface area contributed by atoms with Crippen LogP contribution in [0.3, 0.4) is 0 Å². The van der Waals surface area contributed by atoms with E-state index in [1.807, 2.05) is 24.3 Å². The Hall–Kier alpha value is -1.41. The van der Waals surface area contributed by atoms with E-state index in [1.165, 1.54) is 6.07 Å². The van der Waals surface area contributed by atoms with Gasteiger partial charge in [0.25, 0.3) is 0 Å². The number of halogens is 1. The maximum Gasteiger partial charge on any atom is 0.127 e. The van der Waals surface area contributed by atoms with E-state index >= 15 is 0 Å². The van der Waals surface area contributed by atoms with Crippen LogP contribution in [-0.2, 0) is 6.42 Å². The van der Waals surface area contributed by atoms with Crippen molar-refractivity contribution in [1.82, 2.24) is 0 Å². The van der Waals surface area contributed by atoms with E-state index in [9.17, 15) is 4.39 Å². The number of hydrogen-bond donors (Lipinski definition) is 1. The van der Waals surface area contributed by atoms with Gasteiger partial charge in [-0.15, -0.1) is 0 Å². The molecule has 0 spiro atoms. The fraction of sp³-hybridized carbons (Fsp3) is 0.167. The number of aliphatic hydroxyl groups is 1. The van der Waals surface area contributed by atoms with Crippen molar-refractivity contribution in [2.24, 2.45) is 0 Å². The van der Waals surface area contributed by atoms with Crippen LogP contribution in [0.5, 0.6) is 0 Å². The average molecular weight is 190 g/mol. The Bertz CT molecular complexity index is 451. The summed E-state index contributed by atoms with van der Waals surface area (Å²) in [6, 6.07) is 10.8. The second-order valence-corrected chi connectivity index (χ2v) is 3.22. The van der Waals surface area contributed by atoms with Gasteiger partial charge in [-0.1, -0.05) is 30.3 Å². The standard InChI is InChI=1S/C12H11FO/c13-12-6-5-9-3-1-2-4-10(9)11(12)7-8-14/h1-6,14H,7-8H2. The molecular formula is C12H11FO. The molecule has 1 N–H and O–H groups in total. The molecule has 0 aliphatic carbocycles. The average Bonchev–Trinajstić information content (AvgIpc) is 2.23. The molecule has 0 saturated heterocycles. The maximum absolute atomic E-state index is 13.4. The van der Waals surface area contributed by atoms with Crippen molar-refractivity contribution in [3.05, 3.63) is 47.8 Å². The highest BCUT2D eigenvalue weighted by Gasteiger charge is 2.05. The van der Waals surface area contributed by atoms with Crippen LogP contribution in [0.15, 0.2) is 36.4 Å². The van der Waals surface area contributed by atoms with Gasteiger partial charge in [0.1, 0.15) is 5.82 Å². The molecule has 2 aromatic carbocycles. The fourth-order valence-electron chi connectivity index (χ4n) is 1.68. The van der Waals surface area contributed by atoms with E-state index in [4.69, 9.17) is 5.11 Å². The van der Waals surface area contributed by atoms with Gasteiger partial charge in [-0.3, -0.25) is 0 Å². The lowest BCUT2D eigenvalue weighted by atomic mass is 10.0. The minimum Gasteiger partial charge on any atom is -0.396 e. The van der Waals surface area contributed by atoms with Crippen molar-refractivity contribution in [3.8, 4) is 0 Å². The Labute approximate surface area is 81.8 Å².